The van der Waals surface area contributed by atoms with Gasteiger partial charge in [0.25, 0.3) is 11.8 Å². The lowest BCUT2D eigenvalue weighted by Gasteiger charge is -2.41. The predicted octanol–water partition coefficient (Wildman–Crippen LogP) is 3.62. The molecule has 2 unspecified atom stereocenters. The van der Waals surface area contributed by atoms with Gasteiger partial charge in [0.2, 0.25) is 0 Å². The second-order valence-corrected chi connectivity index (χ2v) is 7.87. The van der Waals surface area contributed by atoms with Crippen molar-refractivity contribution in [2.45, 2.75) is 30.5 Å². The molecule has 184 valence electrons. The first-order chi connectivity index (χ1) is 16.2. The Kier molecular flexibility index (Phi) is 6.63. The van der Waals surface area contributed by atoms with Gasteiger partial charge < -0.3 is 23.8 Å². The fourth-order valence-corrected chi connectivity index (χ4v) is 4.03. The van der Waals surface area contributed by atoms with E-state index in [9.17, 15) is 26.7 Å². The van der Waals surface area contributed by atoms with Crippen LogP contribution in [0.4, 0.5) is 22.0 Å². The molecule has 0 aliphatic carbocycles. The summed E-state index contributed by atoms with van der Waals surface area (Å²) in [5.41, 5.74) is -0.344. The van der Waals surface area contributed by atoms with E-state index >= 15 is 0 Å². The summed E-state index contributed by atoms with van der Waals surface area (Å²) in [5, 5.41) is 0. The van der Waals surface area contributed by atoms with Gasteiger partial charge in [-0.1, -0.05) is 12.1 Å². The van der Waals surface area contributed by atoms with Crippen LogP contribution in [-0.2, 0) is 15.1 Å². The molecule has 1 aromatic carbocycles. The Morgan fingerprint density at radius 2 is 2.12 bits per heavy atom. The van der Waals surface area contributed by atoms with Crippen LogP contribution in [0.25, 0.3) is 0 Å². The number of hydrogen-bond acceptors (Lipinski definition) is 6. The van der Waals surface area contributed by atoms with Crippen LogP contribution in [0, 0.1) is 5.82 Å². The smallest absolute Gasteiger partial charge is 0.340 e. The highest BCUT2D eigenvalue weighted by molar-refractivity contribution is 5.92. The topological polar surface area (TPSA) is 70.1 Å². The normalized spacial score (nSPS) is 22.6. The van der Waals surface area contributed by atoms with Crippen LogP contribution in [0.2, 0.25) is 0 Å². The Balaban J connectivity index is 1.48. The Morgan fingerprint density at radius 3 is 2.82 bits per heavy atom. The minimum Gasteiger partial charge on any atom is -0.481 e. The van der Waals surface area contributed by atoms with E-state index in [2.05, 4.69) is 4.98 Å². The molecule has 2 saturated heterocycles. The average Bonchev–Trinajstić information content (AvgIpc) is 3.26. The molecule has 1 aromatic heterocycles. The molecule has 0 N–H and O–H groups in total. The molecule has 2 fully saturated rings. The first-order valence-electron chi connectivity index (χ1n) is 10.3. The van der Waals surface area contributed by atoms with Crippen molar-refractivity contribution in [2.75, 3.05) is 33.6 Å². The molecule has 0 saturated carbocycles. The highest BCUT2D eigenvalue weighted by Crippen LogP contribution is 2.43. The third-order valence-corrected chi connectivity index (χ3v) is 5.82. The van der Waals surface area contributed by atoms with Crippen LogP contribution in [0.1, 0.15) is 22.5 Å². The van der Waals surface area contributed by atoms with Crippen LogP contribution in [0.15, 0.2) is 36.4 Å². The van der Waals surface area contributed by atoms with Crippen molar-refractivity contribution in [3.63, 3.8) is 0 Å². The number of likely N-dealkylation sites (tertiary alicyclic amines) is 1. The standard InChI is InChI=1S/C22H21F5N2O5/c1-31-18-16(32-11-22(26,27)20(24)25)6-5-15(28-18)19(30)29-8-7-21(17(10-29)33-12-34-21)13-3-2-4-14(23)9-13/h2-6,9,17,20H,7-8,10-12H2,1H3. The van der Waals surface area contributed by atoms with Crippen LogP contribution in [0.3, 0.4) is 0 Å². The monoisotopic (exact) mass is 488 g/mol. The molecule has 34 heavy (non-hydrogen) atoms. The van der Waals surface area contributed by atoms with Gasteiger partial charge in [0, 0.05) is 13.0 Å². The molecule has 3 heterocycles. The minimum atomic E-state index is -4.36. The van der Waals surface area contributed by atoms with Gasteiger partial charge >= 0.3 is 12.3 Å². The quantitative estimate of drug-likeness (QED) is 0.555. The van der Waals surface area contributed by atoms with E-state index < -0.39 is 42.4 Å². The van der Waals surface area contributed by atoms with Crippen molar-refractivity contribution in [1.82, 2.24) is 9.88 Å². The molecule has 2 aromatic rings. The van der Waals surface area contributed by atoms with Crippen molar-refractivity contribution in [2.24, 2.45) is 0 Å². The van der Waals surface area contributed by atoms with Crippen molar-refractivity contribution < 1.29 is 45.7 Å². The lowest BCUT2D eigenvalue weighted by Crippen LogP contribution is -2.53. The molecule has 7 nitrogen and oxygen atoms in total. The van der Waals surface area contributed by atoms with E-state index in [1.807, 2.05) is 0 Å². The number of hydrogen-bond donors (Lipinski definition) is 0. The van der Waals surface area contributed by atoms with Gasteiger partial charge in [0.05, 0.1) is 13.7 Å². The molecule has 4 rings (SSSR count). The SMILES string of the molecule is COc1nc(C(=O)N2CCC3(c4cccc(F)c4)OCOC3C2)ccc1OCC(F)(F)C(F)F. The lowest BCUT2D eigenvalue weighted by atomic mass is 9.82. The van der Waals surface area contributed by atoms with E-state index in [1.54, 1.807) is 12.1 Å². The number of amides is 1. The molecular weight excluding hydrogens is 467 g/mol. The molecule has 12 heteroatoms. The zero-order chi connectivity index (χ0) is 24.5. The number of halogens is 5. The number of carbonyl (C=O) groups is 1. The highest BCUT2D eigenvalue weighted by atomic mass is 19.3. The Labute approximate surface area is 191 Å². The summed E-state index contributed by atoms with van der Waals surface area (Å²) < 4.78 is 86.1. The first kappa shape index (κ1) is 24.1. The Hall–Kier alpha value is -2.99. The van der Waals surface area contributed by atoms with Crippen molar-refractivity contribution in [1.29, 1.82) is 0 Å². The predicted molar refractivity (Wildman–Crippen MR) is 107 cm³/mol. The summed E-state index contributed by atoms with van der Waals surface area (Å²) in [6, 6.07) is 8.39. The lowest BCUT2D eigenvalue weighted by molar-refractivity contribution is -0.148. The average molecular weight is 488 g/mol. The number of piperidine rings is 1. The third-order valence-electron chi connectivity index (χ3n) is 5.82. The summed E-state index contributed by atoms with van der Waals surface area (Å²) in [6.07, 6.45) is -4.10. The van der Waals surface area contributed by atoms with Gasteiger partial charge in [-0.2, -0.15) is 8.78 Å². The maximum Gasteiger partial charge on any atom is 0.340 e. The Morgan fingerprint density at radius 1 is 1.32 bits per heavy atom. The second-order valence-electron chi connectivity index (χ2n) is 7.87. The number of carbonyl (C=O) groups excluding carboxylic acids is 1. The summed E-state index contributed by atoms with van der Waals surface area (Å²) in [6.45, 7) is -1.20. The molecule has 0 bridgehead atoms. The number of fused-ring (bicyclic) bond motifs is 1. The summed E-state index contributed by atoms with van der Waals surface area (Å²) in [4.78, 5) is 18.5. The van der Waals surface area contributed by atoms with E-state index in [4.69, 9.17) is 18.9 Å². The maximum absolute atomic E-state index is 13.8. The zero-order valence-electron chi connectivity index (χ0n) is 18.0. The number of ether oxygens (including phenoxy) is 4. The van der Waals surface area contributed by atoms with Gasteiger partial charge in [-0.05, 0) is 29.8 Å². The molecule has 1 amide bonds. The van der Waals surface area contributed by atoms with Gasteiger partial charge in [-0.25, -0.2) is 18.2 Å². The summed E-state index contributed by atoms with van der Waals surface area (Å²) >= 11 is 0. The number of pyridine rings is 1. The van der Waals surface area contributed by atoms with Crippen molar-refractivity contribution in [3.8, 4) is 11.6 Å². The second kappa shape index (κ2) is 9.34. The maximum atomic E-state index is 13.8. The van der Waals surface area contributed by atoms with E-state index in [0.717, 1.165) is 6.07 Å². The summed E-state index contributed by atoms with van der Waals surface area (Å²) in [5.74, 6) is -5.88. The Bertz CT molecular complexity index is 1060. The molecular formula is C22H21F5N2O5. The van der Waals surface area contributed by atoms with Crippen molar-refractivity contribution >= 4 is 5.91 Å². The van der Waals surface area contributed by atoms with Gasteiger partial charge in [0.15, 0.2) is 12.4 Å². The third kappa shape index (κ3) is 4.51. The first-order valence-corrected chi connectivity index (χ1v) is 10.3. The molecule has 2 atom stereocenters. The molecule has 2 aliphatic heterocycles. The molecule has 0 spiro atoms. The number of aromatic nitrogens is 1. The number of methoxy groups -OCH3 is 1. The van der Waals surface area contributed by atoms with Crippen LogP contribution < -0.4 is 9.47 Å². The van der Waals surface area contributed by atoms with E-state index in [1.165, 1.54) is 30.2 Å². The summed E-state index contributed by atoms with van der Waals surface area (Å²) in [7, 11) is 1.17. The van der Waals surface area contributed by atoms with Crippen molar-refractivity contribution in [3.05, 3.63) is 53.5 Å². The number of nitrogens with zero attached hydrogens (tertiary/aromatic N) is 2. The minimum absolute atomic E-state index is 0.00935. The van der Waals surface area contributed by atoms with Gasteiger partial charge in [-0.15, -0.1) is 0 Å². The molecule has 0 radical (unpaired) electrons. The highest BCUT2D eigenvalue weighted by Gasteiger charge is 2.51. The van der Waals surface area contributed by atoms with E-state index in [-0.39, 0.29) is 37.2 Å². The number of alkyl halides is 4. The van der Waals surface area contributed by atoms with E-state index in [0.29, 0.717) is 12.0 Å². The van der Waals surface area contributed by atoms with Gasteiger partial charge in [-0.3, -0.25) is 4.79 Å². The fourth-order valence-electron chi connectivity index (χ4n) is 4.03. The fraction of sp³-hybridized carbons (Fsp3) is 0.455. The van der Waals surface area contributed by atoms with Crippen LogP contribution >= 0.6 is 0 Å². The molecule has 2 aliphatic rings. The van der Waals surface area contributed by atoms with Gasteiger partial charge in [0.1, 0.15) is 30.0 Å². The number of benzene rings is 1. The largest absolute Gasteiger partial charge is 0.481 e. The number of rotatable bonds is 7. The zero-order valence-corrected chi connectivity index (χ0v) is 18.0. The van der Waals surface area contributed by atoms with Crippen LogP contribution in [-0.4, -0.2) is 67.8 Å². The van der Waals surface area contributed by atoms with Crippen LogP contribution in [0.5, 0.6) is 11.6 Å².